The summed E-state index contributed by atoms with van der Waals surface area (Å²) in [5.41, 5.74) is 1.22. The van der Waals surface area contributed by atoms with E-state index in [2.05, 4.69) is 63.5 Å². The molecule has 0 aliphatic carbocycles. The number of halogens is 1. The van der Waals surface area contributed by atoms with E-state index < -0.39 is 0 Å². The Kier molecular flexibility index (Phi) is 13.5. The number of nitrogens with one attached hydrogen (secondary N) is 2. The van der Waals surface area contributed by atoms with Gasteiger partial charge in [-0.25, -0.2) is 0 Å². The predicted molar refractivity (Wildman–Crippen MR) is 129 cm³/mol. The SMILES string of the molecule is CCN1CCN(CCNC(=NC)NCCCOC(C)c2ccccc2)CC1.I. The number of rotatable bonds is 10. The zero-order valence-electron chi connectivity index (χ0n) is 17.7. The summed E-state index contributed by atoms with van der Waals surface area (Å²) in [4.78, 5) is 9.33. The van der Waals surface area contributed by atoms with Gasteiger partial charge in [-0.3, -0.25) is 9.89 Å². The second-order valence-electron chi connectivity index (χ2n) is 6.98. The summed E-state index contributed by atoms with van der Waals surface area (Å²) < 4.78 is 5.91. The minimum absolute atomic E-state index is 0. The van der Waals surface area contributed by atoms with Gasteiger partial charge >= 0.3 is 0 Å². The van der Waals surface area contributed by atoms with Crippen molar-refractivity contribution < 1.29 is 4.74 Å². The molecule has 0 amide bonds. The quantitative estimate of drug-likeness (QED) is 0.223. The minimum atomic E-state index is 0. The van der Waals surface area contributed by atoms with E-state index in [-0.39, 0.29) is 30.1 Å². The van der Waals surface area contributed by atoms with E-state index >= 15 is 0 Å². The Balaban J connectivity index is 0.00000392. The van der Waals surface area contributed by atoms with Crippen molar-refractivity contribution in [3.8, 4) is 0 Å². The second-order valence-corrected chi connectivity index (χ2v) is 6.98. The Morgan fingerprint density at radius 2 is 1.71 bits per heavy atom. The monoisotopic (exact) mass is 503 g/mol. The molecule has 7 heteroatoms. The number of hydrogen-bond donors (Lipinski definition) is 2. The van der Waals surface area contributed by atoms with Gasteiger partial charge in [0.15, 0.2) is 5.96 Å². The number of ether oxygens (including phenoxy) is 1. The van der Waals surface area contributed by atoms with E-state index in [0.717, 1.165) is 45.2 Å². The van der Waals surface area contributed by atoms with Crippen LogP contribution >= 0.6 is 24.0 Å². The van der Waals surface area contributed by atoms with Gasteiger partial charge in [-0.05, 0) is 25.5 Å². The van der Waals surface area contributed by atoms with Gasteiger partial charge in [0.25, 0.3) is 0 Å². The van der Waals surface area contributed by atoms with Crippen molar-refractivity contribution in [1.29, 1.82) is 0 Å². The Labute approximate surface area is 188 Å². The largest absolute Gasteiger partial charge is 0.374 e. The zero-order chi connectivity index (χ0) is 19.3. The van der Waals surface area contributed by atoms with Crippen molar-refractivity contribution in [2.24, 2.45) is 4.99 Å². The summed E-state index contributed by atoms with van der Waals surface area (Å²) in [7, 11) is 1.82. The van der Waals surface area contributed by atoms with E-state index in [9.17, 15) is 0 Å². The van der Waals surface area contributed by atoms with Gasteiger partial charge in [0, 0.05) is 59.5 Å². The maximum Gasteiger partial charge on any atom is 0.191 e. The van der Waals surface area contributed by atoms with Crippen LogP contribution in [0.3, 0.4) is 0 Å². The molecule has 1 heterocycles. The molecule has 160 valence electrons. The molecule has 1 atom stereocenters. The molecular formula is C21H38IN5O. The first-order chi connectivity index (χ1) is 13.2. The number of aliphatic imine (C=N–C) groups is 1. The number of guanidine groups is 1. The molecule has 6 nitrogen and oxygen atoms in total. The molecule has 1 aliphatic rings. The minimum Gasteiger partial charge on any atom is -0.374 e. The van der Waals surface area contributed by atoms with E-state index in [4.69, 9.17) is 4.74 Å². The highest BCUT2D eigenvalue weighted by Gasteiger charge is 2.14. The van der Waals surface area contributed by atoms with Crippen LogP contribution in [0, 0.1) is 0 Å². The van der Waals surface area contributed by atoms with Crippen molar-refractivity contribution in [3.63, 3.8) is 0 Å². The lowest BCUT2D eigenvalue weighted by Crippen LogP contribution is -2.49. The maximum absolute atomic E-state index is 5.91. The van der Waals surface area contributed by atoms with Crippen LogP contribution in [0.2, 0.25) is 0 Å². The first kappa shape index (κ1) is 25.1. The number of likely N-dealkylation sites (N-methyl/N-ethyl adjacent to an activating group) is 1. The number of hydrogen-bond acceptors (Lipinski definition) is 4. The summed E-state index contributed by atoms with van der Waals surface area (Å²) in [6.45, 7) is 13.8. The molecule has 1 fully saturated rings. The summed E-state index contributed by atoms with van der Waals surface area (Å²) in [6, 6.07) is 10.4. The highest BCUT2D eigenvalue weighted by atomic mass is 127. The average Bonchev–Trinajstić information content (AvgIpc) is 2.73. The normalized spacial score (nSPS) is 17.0. The van der Waals surface area contributed by atoms with Crippen molar-refractivity contribution in [2.45, 2.75) is 26.4 Å². The topological polar surface area (TPSA) is 52.1 Å². The van der Waals surface area contributed by atoms with Crippen LogP contribution in [0.4, 0.5) is 0 Å². The molecule has 0 radical (unpaired) electrons. The van der Waals surface area contributed by atoms with Gasteiger partial charge < -0.3 is 20.3 Å². The van der Waals surface area contributed by atoms with E-state index in [1.807, 2.05) is 13.1 Å². The van der Waals surface area contributed by atoms with Crippen molar-refractivity contribution >= 4 is 29.9 Å². The molecule has 0 spiro atoms. The third kappa shape index (κ3) is 9.54. The van der Waals surface area contributed by atoms with Gasteiger partial charge in [-0.2, -0.15) is 0 Å². The van der Waals surface area contributed by atoms with E-state index in [0.29, 0.717) is 0 Å². The molecule has 2 rings (SSSR count). The highest BCUT2D eigenvalue weighted by molar-refractivity contribution is 14.0. The summed E-state index contributed by atoms with van der Waals surface area (Å²) >= 11 is 0. The van der Waals surface area contributed by atoms with Crippen LogP contribution in [0.5, 0.6) is 0 Å². The number of benzene rings is 1. The van der Waals surface area contributed by atoms with Gasteiger partial charge in [-0.1, -0.05) is 37.3 Å². The first-order valence-electron chi connectivity index (χ1n) is 10.3. The Morgan fingerprint density at radius 3 is 2.36 bits per heavy atom. The van der Waals surface area contributed by atoms with E-state index in [1.165, 1.54) is 31.7 Å². The number of nitrogens with zero attached hydrogens (tertiary/aromatic N) is 3. The van der Waals surface area contributed by atoms with Crippen LogP contribution in [-0.2, 0) is 4.74 Å². The van der Waals surface area contributed by atoms with Crippen molar-refractivity contribution in [1.82, 2.24) is 20.4 Å². The zero-order valence-corrected chi connectivity index (χ0v) is 20.0. The summed E-state index contributed by atoms with van der Waals surface area (Å²) in [5, 5.41) is 6.78. The van der Waals surface area contributed by atoms with E-state index in [1.54, 1.807) is 0 Å². The van der Waals surface area contributed by atoms with Gasteiger partial charge in [0.2, 0.25) is 0 Å². The molecule has 1 aromatic carbocycles. The molecule has 1 aromatic rings. The maximum atomic E-state index is 5.91. The molecule has 0 bridgehead atoms. The molecule has 0 aromatic heterocycles. The highest BCUT2D eigenvalue weighted by Crippen LogP contribution is 2.15. The molecule has 28 heavy (non-hydrogen) atoms. The molecular weight excluding hydrogens is 465 g/mol. The Hall–Kier alpha value is -0.900. The number of piperazine rings is 1. The molecule has 0 saturated carbocycles. The van der Waals surface area contributed by atoms with Gasteiger partial charge in [-0.15, -0.1) is 24.0 Å². The van der Waals surface area contributed by atoms with Crippen LogP contribution in [0.15, 0.2) is 35.3 Å². The lowest BCUT2D eigenvalue weighted by molar-refractivity contribution is 0.0646. The lowest BCUT2D eigenvalue weighted by atomic mass is 10.1. The fourth-order valence-electron chi connectivity index (χ4n) is 3.24. The first-order valence-corrected chi connectivity index (χ1v) is 10.3. The molecule has 1 saturated heterocycles. The third-order valence-corrected chi connectivity index (χ3v) is 5.11. The van der Waals surface area contributed by atoms with Gasteiger partial charge in [0.05, 0.1) is 6.10 Å². The fourth-order valence-corrected chi connectivity index (χ4v) is 3.24. The predicted octanol–water partition coefficient (Wildman–Crippen LogP) is 2.57. The standard InChI is InChI=1S/C21H37N5O.HI/c1-4-25-14-16-26(17-15-25)13-12-24-21(22-3)23-11-8-18-27-19(2)20-9-6-5-7-10-20;/h5-7,9-10,19H,4,8,11-18H2,1-3H3,(H2,22,23,24);1H. The smallest absolute Gasteiger partial charge is 0.191 e. The average molecular weight is 503 g/mol. The summed E-state index contributed by atoms with van der Waals surface area (Å²) in [6.07, 6.45) is 1.09. The molecule has 2 N–H and O–H groups in total. The third-order valence-electron chi connectivity index (χ3n) is 5.11. The van der Waals surface area contributed by atoms with Crippen molar-refractivity contribution in [3.05, 3.63) is 35.9 Å². The second kappa shape index (κ2) is 15.0. The Morgan fingerprint density at radius 1 is 1.07 bits per heavy atom. The lowest BCUT2D eigenvalue weighted by Gasteiger charge is -2.34. The van der Waals surface area contributed by atoms with Crippen molar-refractivity contribution in [2.75, 3.05) is 66.0 Å². The van der Waals surface area contributed by atoms with Crippen LogP contribution < -0.4 is 10.6 Å². The molecule has 1 unspecified atom stereocenters. The summed E-state index contributed by atoms with van der Waals surface area (Å²) in [5.74, 6) is 0.873. The fraction of sp³-hybridized carbons (Fsp3) is 0.667. The van der Waals surface area contributed by atoms with Crippen LogP contribution in [0.1, 0.15) is 31.9 Å². The Bertz CT molecular complexity index is 535. The molecule has 1 aliphatic heterocycles. The van der Waals surface area contributed by atoms with Gasteiger partial charge in [0.1, 0.15) is 0 Å². The van der Waals surface area contributed by atoms with Crippen LogP contribution in [0.25, 0.3) is 0 Å². The van der Waals surface area contributed by atoms with Crippen LogP contribution in [-0.4, -0.2) is 81.8 Å².